The van der Waals surface area contributed by atoms with E-state index in [1.54, 1.807) is 29.2 Å². The van der Waals surface area contributed by atoms with E-state index in [0.29, 0.717) is 30.8 Å². The van der Waals surface area contributed by atoms with E-state index < -0.39 is 0 Å². The number of nitrogens with zero attached hydrogens (tertiary/aromatic N) is 1. The molecule has 2 unspecified atom stereocenters. The van der Waals surface area contributed by atoms with Crippen molar-refractivity contribution >= 4 is 23.3 Å². The Morgan fingerprint density at radius 3 is 2.45 bits per heavy atom. The Kier molecular flexibility index (Phi) is 4.96. The SMILES string of the molecule is CCN(CC)C(=O)C1CC1C(=O)Nc1cccc(C(C)=O)c1. The molecular formula is C17H22N2O3. The first kappa shape index (κ1) is 16.2. The summed E-state index contributed by atoms with van der Waals surface area (Å²) in [6.45, 7) is 6.69. The van der Waals surface area contributed by atoms with Crippen LogP contribution in [0.3, 0.4) is 0 Å². The molecule has 2 atom stereocenters. The molecule has 5 heteroatoms. The highest BCUT2D eigenvalue weighted by atomic mass is 16.2. The topological polar surface area (TPSA) is 66.5 Å². The fraction of sp³-hybridized carbons (Fsp3) is 0.471. The molecule has 1 N–H and O–H groups in total. The molecule has 1 aromatic carbocycles. The minimum absolute atomic E-state index is 0.0443. The summed E-state index contributed by atoms with van der Waals surface area (Å²) in [6.07, 6.45) is 0.605. The van der Waals surface area contributed by atoms with E-state index >= 15 is 0 Å². The number of anilines is 1. The van der Waals surface area contributed by atoms with Gasteiger partial charge in [0.05, 0.1) is 11.8 Å². The van der Waals surface area contributed by atoms with Gasteiger partial charge >= 0.3 is 0 Å². The van der Waals surface area contributed by atoms with Crippen LogP contribution in [0.25, 0.3) is 0 Å². The van der Waals surface area contributed by atoms with Crippen LogP contribution in [0, 0.1) is 11.8 Å². The maximum atomic E-state index is 12.2. The number of ketones is 1. The van der Waals surface area contributed by atoms with Crippen LogP contribution in [0.15, 0.2) is 24.3 Å². The van der Waals surface area contributed by atoms with Crippen LogP contribution in [0.2, 0.25) is 0 Å². The van der Waals surface area contributed by atoms with Gasteiger partial charge in [0.25, 0.3) is 0 Å². The molecule has 2 amide bonds. The van der Waals surface area contributed by atoms with Crippen LogP contribution in [-0.2, 0) is 9.59 Å². The standard InChI is InChI=1S/C17H22N2O3/c1-4-19(5-2)17(22)15-10-14(15)16(21)18-13-8-6-7-12(9-13)11(3)20/h6-9,14-15H,4-5,10H2,1-3H3,(H,18,21). The largest absolute Gasteiger partial charge is 0.343 e. The first-order chi connectivity index (χ1) is 10.5. The van der Waals surface area contributed by atoms with Crippen molar-refractivity contribution in [2.24, 2.45) is 11.8 Å². The molecule has 1 aliphatic carbocycles. The Hall–Kier alpha value is -2.17. The monoisotopic (exact) mass is 302 g/mol. The predicted octanol–water partition coefficient (Wildman–Crippen LogP) is 2.33. The van der Waals surface area contributed by atoms with E-state index in [-0.39, 0.29) is 29.4 Å². The summed E-state index contributed by atoms with van der Waals surface area (Å²) >= 11 is 0. The van der Waals surface area contributed by atoms with Crippen molar-refractivity contribution in [3.63, 3.8) is 0 Å². The zero-order chi connectivity index (χ0) is 16.3. The van der Waals surface area contributed by atoms with Crippen molar-refractivity contribution in [3.05, 3.63) is 29.8 Å². The van der Waals surface area contributed by atoms with Crippen molar-refractivity contribution in [2.45, 2.75) is 27.2 Å². The number of carbonyl (C=O) groups excluding carboxylic acids is 3. The van der Waals surface area contributed by atoms with Gasteiger partial charge in [0.2, 0.25) is 11.8 Å². The molecule has 0 heterocycles. The molecule has 0 spiro atoms. The maximum Gasteiger partial charge on any atom is 0.228 e. The number of nitrogens with one attached hydrogen (secondary N) is 1. The van der Waals surface area contributed by atoms with Crippen LogP contribution in [-0.4, -0.2) is 35.6 Å². The van der Waals surface area contributed by atoms with E-state index in [2.05, 4.69) is 5.32 Å². The zero-order valence-electron chi connectivity index (χ0n) is 13.3. The summed E-state index contributed by atoms with van der Waals surface area (Å²) in [7, 11) is 0. The van der Waals surface area contributed by atoms with E-state index in [4.69, 9.17) is 0 Å². The van der Waals surface area contributed by atoms with Crippen molar-refractivity contribution < 1.29 is 14.4 Å². The molecule has 0 aliphatic heterocycles. The Bertz CT molecular complexity index is 593. The highest BCUT2D eigenvalue weighted by Gasteiger charge is 2.49. The number of hydrogen-bond donors (Lipinski definition) is 1. The quantitative estimate of drug-likeness (QED) is 0.820. The summed E-state index contributed by atoms with van der Waals surface area (Å²) in [5.41, 5.74) is 1.16. The van der Waals surface area contributed by atoms with Crippen LogP contribution < -0.4 is 5.32 Å². The summed E-state index contributed by atoms with van der Waals surface area (Å²) in [6, 6.07) is 6.84. The lowest BCUT2D eigenvalue weighted by molar-refractivity contribution is -0.133. The van der Waals surface area contributed by atoms with Crippen molar-refractivity contribution in [1.29, 1.82) is 0 Å². The van der Waals surface area contributed by atoms with Gasteiger partial charge in [0.1, 0.15) is 0 Å². The van der Waals surface area contributed by atoms with Gasteiger partial charge in [-0.05, 0) is 39.3 Å². The molecule has 0 saturated heterocycles. The van der Waals surface area contributed by atoms with E-state index in [0.717, 1.165) is 0 Å². The first-order valence-electron chi connectivity index (χ1n) is 7.68. The van der Waals surface area contributed by atoms with Gasteiger partial charge in [0, 0.05) is 24.3 Å². The Morgan fingerprint density at radius 1 is 1.18 bits per heavy atom. The lowest BCUT2D eigenvalue weighted by Crippen LogP contribution is -2.33. The lowest BCUT2D eigenvalue weighted by Gasteiger charge is -2.18. The number of Topliss-reactive ketones (excluding diaryl/α,β-unsaturated/α-hetero) is 1. The second-order valence-corrected chi connectivity index (χ2v) is 5.59. The third-order valence-electron chi connectivity index (χ3n) is 4.06. The minimum Gasteiger partial charge on any atom is -0.343 e. The molecule has 1 fully saturated rings. The van der Waals surface area contributed by atoms with Crippen molar-refractivity contribution in [1.82, 2.24) is 4.90 Å². The number of amides is 2. The third-order valence-corrected chi connectivity index (χ3v) is 4.06. The maximum absolute atomic E-state index is 12.2. The smallest absolute Gasteiger partial charge is 0.228 e. The summed E-state index contributed by atoms with van der Waals surface area (Å²) in [5, 5.41) is 2.80. The molecule has 5 nitrogen and oxygen atoms in total. The molecule has 0 aromatic heterocycles. The van der Waals surface area contributed by atoms with Gasteiger partial charge in [-0.15, -0.1) is 0 Å². The molecule has 1 saturated carbocycles. The highest BCUT2D eigenvalue weighted by molar-refractivity contribution is 6.01. The number of hydrogen-bond acceptors (Lipinski definition) is 3. The molecule has 2 rings (SSSR count). The first-order valence-corrected chi connectivity index (χ1v) is 7.68. The van der Waals surface area contributed by atoms with Crippen LogP contribution >= 0.6 is 0 Å². The average molecular weight is 302 g/mol. The average Bonchev–Trinajstić information content (AvgIpc) is 3.29. The number of rotatable bonds is 6. The lowest BCUT2D eigenvalue weighted by atomic mass is 10.1. The van der Waals surface area contributed by atoms with Gasteiger partial charge in [-0.3, -0.25) is 14.4 Å². The van der Waals surface area contributed by atoms with E-state index in [1.165, 1.54) is 6.92 Å². The molecule has 0 bridgehead atoms. The van der Waals surface area contributed by atoms with Gasteiger partial charge in [0.15, 0.2) is 5.78 Å². The number of benzene rings is 1. The van der Waals surface area contributed by atoms with Crippen molar-refractivity contribution in [2.75, 3.05) is 18.4 Å². The van der Waals surface area contributed by atoms with Crippen LogP contribution in [0.4, 0.5) is 5.69 Å². The minimum atomic E-state index is -0.255. The molecule has 118 valence electrons. The van der Waals surface area contributed by atoms with Gasteiger partial charge in [-0.25, -0.2) is 0 Å². The molecular weight excluding hydrogens is 280 g/mol. The molecule has 0 radical (unpaired) electrons. The Balaban J connectivity index is 1.96. The molecule has 1 aromatic rings. The highest BCUT2D eigenvalue weighted by Crippen LogP contribution is 2.40. The fourth-order valence-electron chi connectivity index (χ4n) is 2.58. The second kappa shape index (κ2) is 6.73. The second-order valence-electron chi connectivity index (χ2n) is 5.59. The predicted molar refractivity (Wildman–Crippen MR) is 84.6 cm³/mol. The normalized spacial score (nSPS) is 19.4. The summed E-state index contributed by atoms with van der Waals surface area (Å²) in [5.74, 6) is -0.587. The summed E-state index contributed by atoms with van der Waals surface area (Å²) in [4.78, 5) is 37.5. The number of carbonyl (C=O) groups is 3. The Labute approximate surface area is 130 Å². The van der Waals surface area contributed by atoms with Crippen LogP contribution in [0.1, 0.15) is 37.6 Å². The van der Waals surface area contributed by atoms with Crippen LogP contribution in [0.5, 0.6) is 0 Å². The van der Waals surface area contributed by atoms with Gasteiger partial charge in [-0.2, -0.15) is 0 Å². The third kappa shape index (κ3) is 3.53. The van der Waals surface area contributed by atoms with Crippen molar-refractivity contribution in [3.8, 4) is 0 Å². The van der Waals surface area contributed by atoms with E-state index in [1.807, 2.05) is 13.8 Å². The summed E-state index contributed by atoms with van der Waals surface area (Å²) < 4.78 is 0. The van der Waals surface area contributed by atoms with E-state index in [9.17, 15) is 14.4 Å². The molecule has 22 heavy (non-hydrogen) atoms. The Morgan fingerprint density at radius 2 is 1.86 bits per heavy atom. The van der Waals surface area contributed by atoms with Gasteiger partial charge < -0.3 is 10.2 Å². The fourth-order valence-corrected chi connectivity index (χ4v) is 2.58. The van der Waals surface area contributed by atoms with Gasteiger partial charge in [-0.1, -0.05) is 12.1 Å². The molecule has 1 aliphatic rings. The zero-order valence-corrected chi connectivity index (χ0v) is 13.3.